The maximum atomic E-state index is 10.9. The topological polar surface area (TPSA) is 62.6 Å². The molecular weight excluding hydrogens is 485 g/mol. The van der Waals surface area contributed by atoms with Crippen LogP contribution in [0.1, 0.15) is 34.2 Å². The van der Waals surface area contributed by atoms with E-state index in [1.54, 1.807) is 11.3 Å². The smallest absolute Gasteiger partial charge is 0.144 e. The number of aliphatic imine (C=N–C) groups is 1. The molecule has 0 unspecified atom stereocenters. The number of hydrogen-bond donors (Lipinski definition) is 1. The van der Waals surface area contributed by atoms with Crippen molar-refractivity contribution in [3.63, 3.8) is 0 Å². The summed E-state index contributed by atoms with van der Waals surface area (Å²) in [5, 5.41) is 3.11. The minimum Gasteiger partial charge on any atom is -0.366 e. The highest BCUT2D eigenvalue weighted by atomic mass is 35.5. The molecule has 0 amide bonds. The third kappa shape index (κ3) is 7.59. The molecular formula is C23H29Cl2N3O2S2. The molecule has 1 heterocycles. The Kier molecular flexibility index (Phi) is 11.4. The van der Waals surface area contributed by atoms with Crippen LogP contribution in [0.4, 0.5) is 5.69 Å². The molecule has 0 atom stereocenters. The first-order valence-electron chi connectivity index (χ1n) is 9.85. The van der Waals surface area contributed by atoms with Crippen molar-refractivity contribution in [3.8, 4) is 11.3 Å². The van der Waals surface area contributed by atoms with Gasteiger partial charge in [0.15, 0.2) is 0 Å². The number of nitrogens with zero attached hydrogens (tertiary/aromatic N) is 3. The summed E-state index contributed by atoms with van der Waals surface area (Å²) in [6.07, 6.45) is 2.65. The van der Waals surface area contributed by atoms with E-state index in [4.69, 9.17) is 4.98 Å². The maximum Gasteiger partial charge on any atom is 0.144 e. The largest absolute Gasteiger partial charge is 0.366 e. The van der Waals surface area contributed by atoms with Gasteiger partial charge in [-0.1, -0.05) is 30.3 Å². The Bertz CT molecular complexity index is 1120. The van der Waals surface area contributed by atoms with E-state index in [1.807, 2.05) is 42.6 Å². The Morgan fingerprint density at radius 1 is 1.09 bits per heavy atom. The second-order valence-corrected chi connectivity index (χ2v) is 9.30. The summed E-state index contributed by atoms with van der Waals surface area (Å²) in [5.74, 6) is 0.0747. The van der Waals surface area contributed by atoms with E-state index < -0.39 is 10.7 Å². The predicted molar refractivity (Wildman–Crippen MR) is 141 cm³/mol. The fourth-order valence-corrected chi connectivity index (χ4v) is 4.39. The van der Waals surface area contributed by atoms with E-state index in [-0.39, 0.29) is 30.6 Å². The molecule has 5 nitrogen and oxygen atoms in total. The summed E-state index contributed by atoms with van der Waals surface area (Å²) < 4.78 is 21.7. The lowest BCUT2D eigenvalue weighted by Crippen LogP contribution is -2.14. The number of thiazole rings is 1. The van der Waals surface area contributed by atoms with Gasteiger partial charge in [0, 0.05) is 31.0 Å². The zero-order valence-corrected chi connectivity index (χ0v) is 21.9. The summed E-state index contributed by atoms with van der Waals surface area (Å²) in [5.41, 5.74) is 7.33. The van der Waals surface area contributed by atoms with Crippen LogP contribution in [0.2, 0.25) is 0 Å². The Morgan fingerprint density at radius 3 is 2.41 bits per heavy atom. The quantitative estimate of drug-likeness (QED) is 0.242. The van der Waals surface area contributed by atoms with Crippen LogP contribution in [0.25, 0.3) is 11.3 Å². The Labute approximate surface area is 208 Å². The second kappa shape index (κ2) is 12.9. The highest BCUT2D eigenvalue weighted by Gasteiger charge is 2.10. The SMILES string of the molecule is CCN(C)C=Nc1cc(C)c(Cc2nc(-c3ccc(C[SH](=O)=O)cc3)cs2)cc1C.Cl.Cl. The van der Waals surface area contributed by atoms with Crippen LogP contribution in [-0.2, 0) is 22.9 Å². The van der Waals surface area contributed by atoms with E-state index in [2.05, 4.69) is 43.3 Å². The van der Waals surface area contributed by atoms with Crippen LogP contribution in [0.3, 0.4) is 0 Å². The molecule has 0 aliphatic heterocycles. The van der Waals surface area contributed by atoms with Gasteiger partial charge in [-0.25, -0.2) is 18.4 Å². The number of halogens is 2. The lowest BCUT2D eigenvalue weighted by atomic mass is 10.0. The Morgan fingerprint density at radius 2 is 1.78 bits per heavy atom. The number of benzene rings is 2. The molecule has 0 spiro atoms. The monoisotopic (exact) mass is 513 g/mol. The number of rotatable bonds is 8. The number of hydrogen-bond acceptors (Lipinski definition) is 5. The molecule has 0 radical (unpaired) electrons. The summed E-state index contributed by atoms with van der Waals surface area (Å²) >= 11 is 1.65. The molecule has 0 bridgehead atoms. The van der Waals surface area contributed by atoms with Crippen LogP contribution in [0.5, 0.6) is 0 Å². The van der Waals surface area contributed by atoms with E-state index in [9.17, 15) is 8.42 Å². The third-order valence-electron chi connectivity index (χ3n) is 5.00. The Balaban J connectivity index is 0.00000256. The molecule has 3 rings (SSSR count). The van der Waals surface area contributed by atoms with Crippen LogP contribution in [0, 0.1) is 13.8 Å². The summed E-state index contributed by atoms with van der Waals surface area (Å²) in [6.45, 7) is 7.23. The molecule has 0 N–H and O–H groups in total. The first kappa shape index (κ1) is 28.1. The van der Waals surface area contributed by atoms with Gasteiger partial charge in [0.2, 0.25) is 0 Å². The summed E-state index contributed by atoms with van der Waals surface area (Å²) in [4.78, 5) is 11.4. The first-order valence-corrected chi connectivity index (χ1v) is 12.1. The third-order valence-corrected chi connectivity index (χ3v) is 6.47. The molecule has 9 heteroatoms. The number of aromatic nitrogens is 1. The zero-order chi connectivity index (χ0) is 21.7. The molecule has 1 aromatic heterocycles. The van der Waals surface area contributed by atoms with Gasteiger partial charge in [-0.2, -0.15) is 0 Å². The van der Waals surface area contributed by atoms with Crippen molar-refractivity contribution in [2.24, 2.45) is 4.99 Å². The molecule has 0 aliphatic rings. The highest BCUT2D eigenvalue weighted by molar-refractivity contribution is 7.71. The van der Waals surface area contributed by atoms with Gasteiger partial charge in [-0.15, -0.1) is 36.2 Å². The van der Waals surface area contributed by atoms with Gasteiger partial charge in [0.25, 0.3) is 0 Å². The molecule has 0 saturated carbocycles. The van der Waals surface area contributed by atoms with Crippen LogP contribution >= 0.6 is 36.2 Å². The highest BCUT2D eigenvalue weighted by Crippen LogP contribution is 2.28. The average molecular weight is 515 g/mol. The van der Waals surface area contributed by atoms with Crippen molar-refractivity contribution in [2.75, 3.05) is 13.6 Å². The van der Waals surface area contributed by atoms with Crippen LogP contribution in [0.15, 0.2) is 46.8 Å². The van der Waals surface area contributed by atoms with Gasteiger partial charge in [-0.3, -0.25) is 0 Å². The van der Waals surface area contributed by atoms with Gasteiger partial charge in [0.05, 0.1) is 28.5 Å². The van der Waals surface area contributed by atoms with Crippen molar-refractivity contribution in [1.29, 1.82) is 0 Å². The molecule has 0 aliphatic carbocycles. The lowest BCUT2D eigenvalue weighted by Gasteiger charge is -2.11. The predicted octanol–water partition coefficient (Wildman–Crippen LogP) is 5.58. The summed E-state index contributed by atoms with van der Waals surface area (Å²) in [6, 6.07) is 11.9. The minimum absolute atomic E-state index is 0. The van der Waals surface area contributed by atoms with Crippen molar-refractivity contribution in [1.82, 2.24) is 9.88 Å². The second-order valence-electron chi connectivity index (χ2n) is 7.37. The molecule has 32 heavy (non-hydrogen) atoms. The average Bonchev–Trinajstić information content (AvgIpc) is 3.17. The summed E-state index contributed by atoms with van der Waals surface area (Å²) in [7, 11) is -0.392. The Hall–Kier alpha value is -1.93. The molecule has 0 fully saturated rings. The molecule has 2 aromatic carbocycles. The van der Waals surface area contributed by atoms with E-state index >= 15 is 0 Å². The van der Waals surface area contributed by atoms with E-state index in [1.165, 1.54) is 11.1 Å². The van der Waals surface area contributed by atoms with Crippen molar-refractivity contribution >= 4 is 58.9 Å². The van der Waals surface area contributed by atoms with Crippen LogP contribution < -0.4 is 0 Å². The number of thiol groups is 1. The fourth-order valence-electron chi connectivity index (χ4n) is 3.05. The van der Waals surface area contributed by atoms with Crippen molar-refractivity contribution in [2.45, 2.75) is 32.9 Å². The van der Waals surface area contributed by atoms with E-state index in [0.717, 1.165) is 46.0 Å². The standard InChI is InChI=1S/C23H27N3O2S2.2ClH/c1-5-26(4)15-24-21-11-16(2)20(10-17(21)3)12-23-25-22(13-29-23)19-8-6-18(7-9-19)14-30(27)28;;/h6-11,13,15,30H,5,12,14H2,1-4H3;2*1H. The van der Waals surface area contributed by atoms with Gasteiger partial charge >= 0.3 is 0 Å². The lowest BCUT2D eigenvalue weighted by molar-refractivity contribution is 0.552. The van der Waals surface area contributed by atoms with Gasteiger partial charge in [0.1, 0.15) is 10.7 Å². The minimum atomic E-state index is -2.40. The number of aryl methyl sites for hydroxylation is 2. The molecule has 174 valence electrons. The fraction of sp³-hybridized carbons (Fsp3) is 0.304. The maximum absolute atomic E-state index is 10.9. The van der Waals surface area contributed by atoms with E-state index in [0.29, 0.717) is 0 Å². The first-order chi connectivity index (χ1) is 14.4. The normalized spacial score (nSPS) is 10.8. The van der Waals surface area contributed by atoms with Gasteiger partial charge in [-0.05, 0) is 49.1 Å². The van der Waals surface area contributed by atoms with Gasteiger partial charge < -0.3 is 4.90 Å². The molecule has 0 saturated heterocycles. The van der Waals surface area contributed by atoms with Crippen molar-refractivity contribution in [3.05, 3.63) is 69.0 Å². The van der Waals surface area contributed by atoms with Crippen molar-refractivity contribution < 1.29 is 8.42 Å². The zero-order valence-electron chi connectivity index (χ0n) is 18.6. The van der Waals surface area contributed by atoms with Crippen LogP contribution in [-0.4, -0.2) is 38.2 Å². The molecule has 3 aromatic rings.